The molecule has 0 saturated carbocycles. The number of ether oxygens (including phenoxy) is 1. The summed E-state index contributed by atoms with van der Waals surface area (Å²) in [5, 5.41) is 0.998. The van der Waals surface area contributed by atoms with E-state index in [1.165, 1.54) is 12.4 Å². The summed E-state index contributed by atoms with van der Waals surface area (Å²) in [7, 11) is 0. The molecule has 1 aromatic carbocycles. The van der Waals surface area contributed by atoms with Crippen molar-refractivity contribution < 1.29 is 4.74 Å². The van der Waals surface area contributed by atoms with Crippen LogP contribution in [0, 0.1) is 0 Å². The highest BCUT2D eigenvalue weighted by Gasteiger charge is 2.07. The zero-order chi connectivity index (χ0) is 12.4. The van der Waals surface area contributed by atoms with Crippen LogP contribution >= 0.6 is 0 Å². The van der Waals surface area contributed by atoms with E-state index in [1.807, 2.05) is 30.3 Å². The van der Waals surface area contributed by atoms with Crippen molar-refractivity contribution in [2.75, 3.05) is 5.73 Å². The first-order valence-electron chi connectivity index (χ1n) is 5.43. The van der Waals surface area contributed by atoms with Gasteiger partial charge in [0.15, 0.2) is 11.6 Å². The van der Waals surface area contributed by atoms with E-state index in [4.69, 9.17) is 10.5 Å². The Labute approximate surface area is 103 Å². The molecule has 3 rings (SSSR count). The predicted octanol–water partition coefficient (Wildman–Crippen LogP) is 2.40. The van der Waals surface area contributed by atoms with Crippen LogP contribution < -0.4 is 10.5 Å². The highest BCUT2D eigenvalue weighted by Crippen LogP contribution is 2.28. The number of rotatable bonds is 2. The van der Waals surface area contributed by atoms with Gasteiger partial charge in [-0.2, -0.15) is 0 Å². The van der Waals surface area contributed by atoms with E-state index < -0.39 is 0 Å². The van der Waals surface area contributed by atoms with E-state index in [2.05, 4.69) is 15.0 Å². The molecule has 0 radical (unpaired) electrons. The van der Waals surface area contributed by atoms with Crippen molar-refractivity contribution in [1.82, 2.24) is 15.0 Å². The number of hydrogen-bond donors (Lipinski definition) is 1. The standard InChI is InChI=1S/C13H10N4O/c14-12-13(17-8-7-16-12)18-10-5-1-3-9-4-2-6-15-11(9)10/h1-8H,(H2,14,16). The molecule has 18 heavy (non-hydrogen) atoms. The molecule has 0 aliphatic rings. The van der Waals surface area contributed by atoms with Gasteiger partial charge in [-0.15, -0.1) is 0 Å². The summed E-state index contributed by atoms with van der Waals surface area (Å²) in [5.74, 6) is 1.15. The Hall–Kier alpha value is -2.69. The maximum absolute atomic E-state index is 5.69. The van der Waals surface area contributed by atoms with Gasteiger partial charge in [-0.05, 0) is 12.1 Å². The minimum absolute atomic E-state index is 0.255. The topological polar surface area (TPSA) is 73.9 Å². The molecule has 2 N–H and O–H groups in total. The summed E-state index contributed by atoms with van der Waals surface area (Å²) in [5.41, 5.74) is 6.46. The normalized spacial score (nSPS) is 10.4. The molecule has 0 bridgehead atoms. The van der Waals surface area contributed by atoms with Crippen molar-refractivity contribution in [2.24, 2.45) is 0 Å². The summed E-state index contributed by atoms with van der Waals surface area (Å²) in [4.78, 5) is 12.3. The van der Waals surface area contributed by atoms with Crippen LogP contribution in [0.3, 0.4) is 0 Å². The summed E-state index contributed by atoms with van der Waals surface area (Å²) < 4.78 is 5.66. The largest absolute Gasteiger partial charge is 0.434 e. The van der Waals surface area contributed by atoms with E-state index in [1.54, 1.807) is 6.20 Å². The highest BCUT2D eigenvalue weighted by molar-refractivity contribution is 5.84. The van der Waals surface area contributed by atoms with Gasteiger partial charge in [0.1, 0.15) is 5.52 Å². The van der Waals surface area contributed by atoms with Crippen molar-refractivity contribution in [3.8, 4) is 11.6 Å². The van der Waals surface area contributed by atoms with Crippen molar-refractivity contribution >= 4 is 16.7 Å². The van der Waals surface area contributed by atoms with E-state index in [9.17, 15) is 0 Å². The molecular weight excluding hydrogens is 228 g/mol. The Balaban J connectivity index is 2.08. The molecule has 0 aliphatic heterocycles. The lowest BCUT2D eigenvalue weighted by atomic mass is 10.2. The first-order chi connectivity index (χ1) is 8.84. The summed E-state index contributed by atoms with van der Waals surface area (Å²) in [6, 6.07) is 9.53. The van der Waals surface area contributed by atoms with Gasteiger partial charge in [-0.1, -0.05) is 18.2 Å². The lowest BCUT2D eigenvalue weighted by Crippen LogP contribution is -1.97. The number of nitrogens with zero attached hydrogens (tertiary/aromatic N) is 3. The van der Waals surface area contributed by atoms with E-state index in [0.717, 1.165) is 10.9 Å². The second-order valence-electron chi connectivity index (χ2n) is 3.68. The molecule has 0 atom stereocenters. The van der Waals surface area contributed by atoms with Crippen molar-refractivity contribution in [1.29, 1.82) is 0 Å². The Bertz CT molecular complexity index is 694. The lowest BCUT2D eigenvalue weighted by molar-refractivity contribution is 0.467. The molecule has 0 unspecified atom stereocenters. The van der Waals surface area contributed by atoms with Crippen LogP contribution in [-0.4, -0.2) is 15.0 Å². The van der Waals surface area contributed by atoms with Gasteiger partial charge in [0.25, 0.3) is 5.88 Å². The molecular formula is C13H10N4O. The fraction of sp³-hybridized carbons (Fsp3) is 0. The Morgan fingerprint density at radius 2 is 1.72 bits per heavy atom. The number of hydrogen-bond acceptors (Lipinski definition) is 5. The molecule has 5 nitrogen and oxygen atoms in total. The van der Waals surface area contributed by atoms with Crippen LogP contribution in [0.1, 0.15) is 0 Å². The quantitative estimate of drug-likeness (QED) is 0.742. The van der Waals surface area contributed by atoms with Crippen molar-refractivity contribution in [3.63, 3.8) is 0 Å². The van der Waals surface area contributed by atoms with Crippen LogP contribution in [0.4, 0.5) is 5.82 Å². The van der Waals surface area contributed by atoms with Crippen LogP contribution in [0.5, 0.6) is 11.6 Å². The molecule has 0 amide bonds. The molecule has 2 heterocycles. The first kappa shape index (κ1) is 10.5. The summed E-state index contributed by atoms with van der Waals surface area (Å²) in [6.45, 7) is 0. The molecule has 5 heteroatoms. The average Bonchev–Trinajstić information content (AvgIpc) is 2.42. The Morgan fingerprint density at radius 1 is 0.889 bits per heavy atom. The van der Waals surface area contributed by atoms with Gasteiger partial charge >= 0.3 is 0 Å². The second kappa shape index (κ2) is 4.29. The maximum Gasteiger partial charge on any atom is 0.262 e. The van der Waals surface area contributed by atoms with Gasteiger partial charge in [0, 0.05) is 24.0 Å². The van der Waals surface area contributed by atoms with E-state index in [-0.39, 0.29) is 11.7 Å². The van der Waals surface area contributed by atoms with Crippen LogP contribution in [0.2, 0.25) is 0 Å². The molecule has 0 spiro atoms. The first-order valence-corrected chi connectivity index (χ1v) is 5.43. The monoisotopic (exact) mass is 238 g/mol. The van der Waals surface area contributed by atoms with E-state index >= 15 is 0 Å². The van der Waals surface area contributed by atoms with Gasteiger partial charge in [-0.25, -0.2) is 9.97 Å². The maximum atomic E-state index is 5.69. The van der Waals surface area contributed by atoms with Gasteiger partial charge < -0.3 is 10.5 Å². The Kier molecular flexibility index (Phi) is 2.49. The van der Waals surface area contributed by atoms with Crippen LogP contribution in [-0.2, 0) is 0 Å². The van der Waals surface area contributed by atoms with Crippen LogP contribution in [0.25, 0.3) is 10.9 Å². The number of nitrogen functional groups attached to an aromatic ring is 1. The third kappa shape index (κ3) is 1.82. The SMILES string of the molecule is Nc1nccnc1Oc1cccc2cccnc12. The highest BCUT2D eigenvalue weighted by atomic mass is 16.5. The average molecular weight is 238 g/mol. The molecule has 88 valence electrons. The zero-order valence-corrected chi connectivity index (χ0v) is 9.45. The van der Waals surface area contributed by atoms with Gasteiger partial charge in [0.05, 0.1) is 0 Å². The minimum atomic E-state index is 0.255. The summed E-state index contributed by atoms with van der Waals surface area (Å²) >= 11 is 0. The van der Waals surface area contributed by atoms with Gasteiger partial charge in [-0.3, -0.25) is 4.98 Å². The van der Waals surface area contributed by atoms with Crippen molar-refractivity contribution in [2.45, 2.75) is 0 Å². The number of aromatic nitrogens is 3. The van der Waals surface area contributed by atoms with Gasteiger partial charge in [0.2, 0.25) is 0 Å². The molecule has 2 aromatic heterocycles. The second-order valence-corrected chi connectivity index (χ2v) is 3.68. The number of nitrogens with two attached hydrogens (primary N) is 1. The minimum Gasteiger partial charge on any atom is -0.434 e. The van der Waals surface area contributed by atoms with Crippen LogP contribution in [0.15, 0.2) is 48.9 Å². The number of fused-ring (bicyclic) bond motifs is 1. The fourth-order valence-electron chi connectivity index (χ4n) is 1.68. The number of para-hydroxylation sites is 1. The smallest absolute Gasteiger partial charge is 0.262 e. The molecule has 0 fully saturated rings. The fourth-order valence-corrected chi connectivity index (χ4v) is 1.68. The predicted molar refractivity (Wildman–Crippen MR) is 68.3 cm³/mol. The third-order valence-corrected chi connectivity index (χ3v) is 2.49. The molecule has 0 aliphatic carbocycles. The zero-order valence-electron chi connectivity index (χ0n) is 9.45. The number of anilines is 1. The number of benzene rings is 1. The third-order valence-electron chi connectivity index (χ3n) is 2.49. The number of pyridine rings is 1. The summed E-state index contributed by atoms with van der Waals surface area (Å²) in [6.07, 6.45) is 4.77. The molecule has 3 aromatic rings. The molecule has 0 saturated heterocycles. The van der Waals surface area contributed by atoms with Crippen molar-refractivity contribution in [3.05, 3.63) is 48.9 Å². The lowest BCUT2D eigenvalue weighted by Gasteiger charge is -2.07. The van der Waals surface area contributed by atoms with E-state index in [0.29, 0.717) is 5.75 Å². The Morgan fingerprint density at radius 3 is 2.61 bits per heavy atom.